The van der Waals surface area contributed by atoms with Crippen LogP contribution in [0, 0.1) is 23.7 Å². The van der Waals surface area contributed by atoms with E-state index in [9.17, 15) is 9.59 Å². The van der Waals surface area contributed by atoms with Gasteiger partial charge in [0.15, 0.2) is 11.6 Å². The number of amides is 2. The highest BCUT2D eigenvalue weighted by molar-refractivity contribution is 5.92. The fourth-order valence-electron chi connectivity index (χ4n) is 8.79. The number of hydrogen-bond acceptors (Lipinski definition) is 16. The molecule has 18 nitrogen and oxygen atoms in total. The van der Waals surface area contributed by atoms with Gasteiger partial charge in [-0.3, -0.25) is 20.2 Å². The molecule has 5 atom stereocenters. The molecule has 8 rings (SSSR count). The molecule has 0 spiro atoms. The molecule has 61 heavy (non-hydrogen) atoms. The second kappa shape index (κ2) is 19.2. The van der Waals surface area contributed by atoms with E-state index in [-0.39, 0.29) is 41.1 Å². The molecule has 0 aromatic carbocycles. The number of ether oxygens (including phenoxy) is 2. The van der Waals surface area contributed by atoms with Crippen LogP contribution >= 0.6 is 0 Å². The molecule has 8 heterocycles. The van der Waals surface area contributed by atoms with E-state index < -0.39 is 5.60 Å². The van der Waals surface area contributed by atoms with E-state index in [2.05, 4.69) is 77.6 Å². The highest BCUT2D eigenvalue weighted by atomic mass is 16.5. The zero-order valence-corrected chi connectivity index (χ0v) is 35.4. The number of hydrogen-bond donors (Lipinski definition) is 6. The number of piperidine rings is 1. The third-order valence-electron chi connectivity index (χ3n) is 12.0. The molecule has 0 saturated carbocycles. The smallest absolute Gasteiger partial charge is 0.231 e. The lowest BCUT2D eigenvalue weighted by Gasteiger charge is -2.38. The summed E-state index contributed by atoms with van der Waals surface area (Å²) in [5, 5.41) is 19.4. The quantitative estimate of drug-likeness (QED) is 0.105. The number of anilines is 4. The zero-order valence-electron chi connectivity index (χ0n) is 35.4. The Morgan fingerprint density at radius 2 is 1.31 bits per heavy atom. The van der Waals surface area contributed by atoms with Gasteiger partial charge in [-0.25, -0.2) is 39.9 Å². The van der Waals surface area contributed by atoms with E-state index >= 15 is 0 Å². The summed E-state index contributed by atoms with van der Waals surface area (Å²) >= 11 is 0. The van der Waals surface area contributed by atoms with E-state index in [1.165, 1.54) is 0 Å². The van der Waals surface area contributed by atoms with Crippen molar-refractivity contribution >= 4 is 35.3 Å². The van der Waals surface area contributed by atoms with Crippen molar-refractivity contribution < 1.29 is 19.1 Å². The summed E-state index contributed by atoms with van der Waals surface area (Å²) in [5.74, 6) is 3.07. The normalized spacial score (nSPS) is 25.0. The van der Waals surface area contributed by atoms with Crippen molar-refractivity contribution in [1.82, 2.24) is 50.5 Å². The molecule has 324 valence electrons. The maximum atomic E-state index is 12.9. The van der Waals surface area contributed by atoms with Gasteiger partial charge < -0.3 is 30.7 Å². The van der Waals surface area contributed by atoms with Crippen molar-refractivity contribution in [2.24, 2.45) is 23.7 Å². The van der Waals surface area contributed by atoms with Crippen LogP contribution in [0.1, 0.15) is 71.4 Å². The van der Waals surface area contributed by atoms with Gasteiger partial charge in [0.2, 0.25) is 23.7 Å². The van der Waals surface area contributed by atoms with Gasteiger partial charge in [-0.1, -0.05) is 0 Å². The Kier molecular flexibility index (Phi) is 13.3. The first kappa shape index (κ1) is 42.4. The molecule has 4 aromatic heterocycles. The minimum atomic E-state index is -0.495. The molecule has 0 radical (unpaired) electrons. The maximum Gasteiger partial charge on any atom is 0.231 e. The van der Waals surface area contributed by atoms with Gasteiger partial charge in [-0.2, -0.15) is 0 Å². The summed E-state index contributed by atoms with van der Waals surface area (Å²) in [6.07, 6.45) is 11.7. The lowest BCUT2D eigenvalue weighted by atomic mass is 9.84. The lowest BCUT2D eigenvalue weighted by Crippen LogP contribution is -2.41. The molecule has 4 aliphatic heterocycles. The molecule has 4 saturated heterocycles. The number of carbonyl (C=O) groups is 2. The van der Waals surface area contributed by atoms with Gasteiger partial charge in [0.05, 0.1) is 23.0 Å². The fourth-order valence-corrected chi connectivity index (χ4v) is 8.79. The lowest BCUT2D eigenvalue weighted by molar-refractivity contribution is -0.120. The number of aromatic nitrogens is 8. The number of carbonyl (C=O) groups excluding carboxylic acids is 2. The molecule has 0 aliphatic carbocycles. The first-order chi connectivity index (χ1) is 29.5. The van der Waals surface area contributed by atoms with Gasteiger partial charge in [-0.05, 0) is 109 Å². The van der Waals surface area contributed by atoms with E-state index in [1.807, 2.05) is 12.1 Å². The minimum absolute atomic E-state index is 0.0879. The Hall–Kier alpha value is -5.30. The van der Waals surface area contributed by atoms with Gasteiger partial charge in [0.25, 0.3) is 0 Å². The van der Waals surface area contributed by atoms with E-state index in [0.717, 1.165) is 76.9 Å². The van der Waals surface area contributed by atoms with Gasteiger partial charge in [0, 0.05) is 76.2 Å². The van der Waals surface area contributed by atoms with Crippen LogP contribution < -0.4 is 31.9 Å². The van der Waals surface area contributed by atoms with Gasteiger partial charge in [-0.15, -0.1) is 0 Å². The summed E-state index contributed by atoms with van der Waals surface area (Å²) in [5.41, 5.74) is 1.21. The summed E-state index contributed by atoms with van der Waals surface area (Å²) in [6.45, 7) is 12.3. The third-order valence-corrected chi connectivity index (χ3v) is 12.0. The summed E-state index contributed by atoms with van der Waals surface area (Å²) < 4.78 is 12.5. The van der Waals surface area contributed by atoms with E-state index in [4.69, 9.17) is 24.4 Å². The van der Waals surface area contributed by atoms with Crippen molar-refractivity contribution in [3.05, 3.63) is 48.5 Å². The average molecular weight is 835 g/mol. The summed E-state index contributed by atoms with van der Waals surface area (Å²) in [6, 6.07) is 7.37. The highest BCUT2D eigenvalue weighted by Gasteiger charge is 2.35. The monoisotopic (exact) mass is 834 g/mol. The zero-order chi connectivity index (χ0) is 42.2. The van der Waals surface area contributed by atoms with Crippen LogP contribution in [0.15, 0.2) is 42.9 Å². The van der Waals surface area contributed by atoms with Crippen molar-refractivity contribution in [3.8, 4) is 23.0 Å². The molecular formula is C43H58N14O4. The van der Waals surface area contributed by atoms with Gasteiger partial charge in [0.1, 0.15) is 23.0 Å². The van der Waals surface area contributed by atoms with Crippen LogP contribution in [-0.4, -0.2) is 115 Å². The maximum absolute atomic E-state index is 12.9. The standard InChI is InChI=1S/C43H58N14O4/c1-42(2)20-27(10-17-60-42)23-50-35-19-31(51-37(55-35)33-8-15-48-41(53-33)57-39(59)30-6-13-45-26-30)22-43(3)21-28(11-18-61-43)24-49-34-9-16-46-36(54-34)32-7-14-47-40(52-32)56-38(58)29-5-4-12-44-25-29/h7-9,14-16,19,27-30,44-45H,4-6,10-13,17-18,20-26H2,1-3H3,(H,46,49,54)(H,50,51,55)(H,47,52,56,58)(H,48,53,57,59). The van der Waals surface area contributed by atoms with Crippen molar-refractivity contribution in [2.45, 2.75) is 83.3 Å². The molecule has 4 aliphatic rings. The Bertz CT molecular complexity index is 2150. The Morgan fingerprint density at radius 3 is 1.98 bits per heavy atom. The molecule has 2 amide bonds. The summed E-state index contributed by atoms with van der Waals surface area (Å²) in [4.78, 5) is 62.7. The second-order valence-electron chi connectivity index (χ2n) is 17.6. The number of nitrogens with one attached hydrogen (secondary N) is 6. The van der Waals surface area contributed by atoms with Crippen molar-refractivity contribution in [3.63, 3.8) is 0 Å². The molecule has 5 unspecified atom stereocenters. The predicted molar refractivity (Wildman–Crippen MR) is 230 cm³/mol. The first-order valence-electron chi connectivity index (χ1n) is 21.7. The molecule has 4 aromatic rings. The molecule has 6 N–H and O–H groups in total. The van der Waals surface area contributed by atoms with Crippen LogP contribution in [-0.2, 0) is 25.5 Å². The van der Waals surface area contributed by atoms with Crippen molar-refractivity contribution in [2.75, 3.05) is 73.7 Å². The van der Waals surface area contributed by atoms with Crippen LogP contribution in [0.3, 0.4) is 0 Å². The fraction of sp³-hybridized carbons (Fsp3) is 0.581. The SMILES string of the molecule is CC1(C)CC(CNc2cc(CC3(C)CC(CNc4ccnc(-c5ccnc(NC(=O)C6CCCNC6)n5)n4)CCO3)nc(-c3ccnc(NC(=O)C4CCNC4)n3)n2)CCO1. The van der Waals surface area contributed by atoms with Crippen LogP contribution in [0.5, 0.6) is 0 Å². The van der Waals surface area contributed by atoms with Crippen LogP contribution in [0.25, 0.3) is 23.0 Å². The first-order valence-corrected chi connectivity index (χ1v) is 21.7. The largest absolute Gasteiger partial charge is 0.376 e. The van der Waals surface area contributed by atoms with Crippen LogP contribution in [0.4, 0.5) is 23.5 Å². The van der Waals surface area contributed by atoms with Crippen LogP contribution in [0.2, 0.25) is 0 Å². The molecule has 18 heteroatoms. The van der Waals surface area contributed by atoms with Crippen molar-refractivity contribution in [1.29, 1.82) is 0 Å². The predicted octanol–water partition coefficient (Wildman–Crippen LogP) is 4.12. The highest BCUT2D eigenvalue weighted by Crippen LogP contribution is 2.34. The molecule has 0 bridgehead atoms. The Morgan fingerprint density at radius 1 is 0.689 bits per heavy atom. The second-order valence-corrected chi connectivity index (χ2v) is 17.6. The van der Waals surface area contributed by atoms with Gasteiger partial charge >= 0.3 is 0 Å². The third kappa shape index (κ3) is 11.5. The average Bonchev–Trinajstić information content (AvgIpc) is 3.81. The minimum Gasteiger partial charge on any atom is -0.376 e. The molecular weight excluding hydrogens is 777 g/mol. The summed E-state index contributed by atoms with van der Waals surface area (Å²) in [7, 11) is 0. The molecule has 4 fully saturated rings. The number of rotatable bonds is 14. The topological polar surface area (TPSA) is 228 Å². The van der Waals surface area contributed by atoms with E-state index in [1.54, 1.807) is 30.7 Å². The van der Waals surface area contributed by atoms with E-state index in [0.29, 0.717) is 79.2 Å². The Labute approximate surface area is 356 Å². The Balaban J connectivity index is 0.936. The number of nitrogens with zero attached hydrogens (tertiary/aromatic N) is 8.